The predicted octanol–water partition coefficient (Wildman–Crippen LogP) is 1.30. The first-order chi connectivity index (χ1) is 5.89. The third-order valence-electron chi connectivity index (χ3n) is 1.65. The number of carbonyl (C=O) groups is 1. The summed E-state index contributed by atoms with van der Waals surface area (Å²) in [6.45, 7) is 0.888. The normalized spacial score (nSPS) is 15.8. The maximum Gasteiger partial charge on any atom is 0.219 e. The second kappa shape index (κ2) is 5.41. The molecule has 0 spiro atoms. The van der Waals surface area contributed by atoms with E-state index in [1.807, 2.05) is 24.5 Å². The van der Waals surface area contributed by atoms with Crippen molar-refractivity contribution in [3.63, 3.8) is 0 Å². The molecular formula is C9H14N2O. The minimum Gasteiger partial charge on any atom is -0.368 e. The molecule has 12 heavy (non-hydrogen) atoms. The van der Waals surface area contributed by atoms with Crippen molar-refractivity contribution in [2.24, 2.45) is 0 Å². The Hall–Kier alpha value is -1.25. The van der Waals surface area contributed by atoms with Crippen molar-refractivity contribution >= 4 is 5.91 Å². The molecule has 3 heteroatoms. The molecular weight excluding hydrogens is 152 g/mol. The van der Waals surface area contributed by atoms with Crippen LogP contribution in [0.5, 0.6) is 0 Å². The molecule has 2 rings (SSSR count). The van der Waals surface area contributed by atoms with Gasteiger partial charge in [-0.25, -0.2) is 0 Å². The van der Waals surface area contributed by atoms with Crippen molar-refractivity contribution in [1.82, 2.24) is 10.3 Å². The number of hydrogen-bond donors (Lipinski definition) is 2. The fourth-order valence-corrected chi connectivity index (χ4v) is 1.00. The lowest BCUT2D eigenvalue weighted by Gasteiger charge is -2.08. The number of amides is 1. The van der Waals surface area contributed by atoms with E-state index in [0.29, 0.717) is 0 Å². The highest BCUT2D eigenvalue weighted by atomic mass is 16.1. The van der Waals surface area contributed by atoms with Gasteiger partial charge < -0.3 is 10.3 Å². The summed E-state index contributed by atoms with van der Waals surface area (Å²) in [6.07, 6.45) is 6.72. The molecule has 2 heterocycles. The maximum absolute atomic E-state index is 10.4. The van der Waals surface area contributed by atoms with Crippen LogP contribution in [0.25, 0.3) is 0 Å². The Morgan fingerprint density at radius 3 is 2.17 bits per heavy atom. The van der Waals surface area contributed by atoms with Gasteiger partial charge in [-0.3, -0.25) is 4.79 Å². The Balaban J connectivity index is 0.000000127. The monoisotopic (exact) mass is 166 g/mol. The molecule has 1 saturated heterocycles. The van der Waals surface area contributed by atoms with E-state index in [1.165, 1.54) is 0 Å². The Morgan fingerprint density at radius 2 is 1.92 bits per heavy atom. The molecule has 2 N–H and O–H groups in total. The zero-order valence-electron chi connectivity index (χ0n) is 7.05. The van der Waals surface area contributed by atoms with Crippen LogP contribution in [0.3, 0.4) is 0 Å². The first-order valence-electron chi connectivity index (χ1n) is 4.24. The van der Waals surface area contributed by atoms with Crippen LogP contribution in [0.4, 0.5) is 0 Å². The molecule has 3 nitrogen and oxygen atoms in total. The largest absolute Gasteiger partial charge is 0.368 e. The van der Waals surface area contributed by atoms with E-state index in [2.05, 4.69) is 10.3 Å². The summed E-state index contributed by atoms with van der Waals surface area (Å²) in [7, 11) is 0. The van der Waals surface area contributed by atoms with Gasteiger partial charge in [-0.1, -0.05) is 0 Å². The van der Waals surface area contributed by atoms with Crippen molar-refractivity contribution < 1.29 is 4.79 Å². The van der Waals surface area contributed by atoms with Gasteiger partial charge in [-0.2, -0.15) is 0 Å². The summed E-state index contributed by atoms with van der Waals surface area (Å²) in [5, 5.41) is 2.74. The first-order valence-corrected chi connectivity index (χ1v) is 4.24. The summed E-state index contributed by atoms with van der Waals surface area (Å²) in [4.78, 5) is 13.2. The van der Waals surface area contributed by atoms with Gasteiger partial charge in [0.25, 0.3) is 0 Å². The van der Waals surface area contributed by atoms with Crippen LogP contribution in [-0.2, 0) is 4.79 Å². The predicted molar refractivity (Wildman–Crippen MR) is 47.7 cm³/mol. The van der Waals surface area contributed by atoms with Gasteiger partial charge in [0.2, 0.25) is 5.91 Å². The quantitative estimate of drug-likeness (QED) is 0.599. The van der Waals surface area contributed by atoms with Crippen LogP contribution >= 0.6 is 0 Å². The van der Waals surface area contributed by atoms with Crippen LogP contribution in [0.15, 0.2) is 24.5 Å². The molecule has 0 saturated carbocycles. The van der Waals surface area contributed by atoms with Gasteiger partial charge in [-0.05, 0) is 25.0 Å². The smallest absolute Gasteiger partial charge is 0.219 e. The molecule has 1 aliphatic rings. The van der Waals surface area contributed by atoms with E-state index in [1.54, 1.807) is 0 Å². The van der Waals surface area contributed by atoms with E-state index >= 15 is 0 Å². The summed E-state index contributed by atoms with van der Waals surface area (Å²) in [5.41, 5.74) is 0. The SMILES string of the molecule is O=C1CCCCN1.c1cc[nH]c1. The molecule has 1 aliphatic heterocycles. The van der Waals surface area contributed by atoms with Crippen molar-refractivity contribution in [3.8, 4) is 0 Å². The zero-order chi connectivity index (χ0) is 8.65. The highest BCUT2D eigenvalue weighted by molar-refractivity contribution is 5.76. The molecule has 66 valence electrons. The minimum atomic E-state index is 0.214. The summed E-state index contributed by atoms with van der Waals surface area (Å²) < 4.78 is 0. The zero-order valence-corrected chi connectivity index (χ0v) is 7.05. The topological polar surface area (TPSA) is 44.9 Å². The van der Waals surface area contributed by atoms with Crippen molar-refractivity contribution in [3.05, 3.63) is 24.5 Å². The minimum absolute atomic E-state index is 0.214. The van der Waals surface area contributed by atoms with Crippen LogP contribution in [0.1, 0.15) is 19.3 Å². The first kappa shape index (κ1) is 8.84. The Bertz CT molecular complexity index is 181. The fraction of sp³-hybridized carbons (Fsp3) is 0.444. The number of hydrogen-bond acceptors (Lipinski definition) is 1. The van der Waals surface area contributed by atoms with Gasteiger partial charge in [0, 0.05) is 25.4 Å². The number of aromatic nitrogens is 1. The van der Waals surface area contributed by atoms with E-state index < -0.39 is 0 Å². The molecule has 0 atom stereocenters. The van der Waals surface area contributed by atoms with E-state index in [9.17, 15) is 4.79 Å². The average Bonchev–Trinajstić information content (AvgIpc) is 2.62. The summed E-state index contributed by atoms with van der Waals surface area (Å²) >= 11 is 0. The van der Waals surface area contributed by atoms with Crippen LogP contribution in [0.2, 0.25) is 0 Å². The third-order valence-corrected chi connectivity index (χ3v) is 1.65. The Kier molecular flexibility index (Phi) is 3.98. The van der Waals surface area contributed by atoms with E-state index in [4.69, 9.17) is 0 Å². The lowest BCUT2D eigenvalue weighted by Crippen LogP contribution is -2.28. The van der Waals surface area contributed by atoms with Gasteiger partial charge in [0.1, 0.15) is 0 Å². The lowest BCUT2D eigenvalue weighted by molar-refractivity contribution is -0.122. The fourth-order valence-electron chi connectivity index (χ4n) is 1.00. The number of rotatable bonds is 0. The molecule has 1 fully saturated rings. The molecule has 0 radical (unpaired) electrons. The summed E-state index contributed by atoms with van der Waals surface area (Å²) in [5.74, 6) is 0.214. The molecule has 1 amide bonds. The van der Waals surface area contributed by atoms with Gasteiger partial charge in [0.15, 0.2) is 0 Å². The highest BCUT2D eigenvalue weighted by Crippen LogP contribution is 1.98. The Morgan fingerprint density at radius 1 is 1.17 bits per heavy atom. The second-order valence-corrected chi connectivity index (χ2v) is 2.69. The van der Waals surface area contributed by atoms with Crippen LogP contribution in [-0.4, -0.2) is 17.4 Å². The molecule has 0 unspecified atom stereocenters. The molecule has 0 aliphatic carbocycles. The molecule has 1 aromatic heterocycles. The number of carbonyl (C=O) groups excluding carboxylic acids is 1. The van der Waals surface area contributed by atoms with Gasteiger partial charge in [0.05, 0.1) is 0 Å². The van der Waals surface area contributed by atoms with E-state index in [0.717, 1.165) is 25.8 Å². The Labute approximate surface area is 72.2 Å². The third kappa shape index (κ3) is 3.81. The lowest BCUT2D eigenvalue weighted by atomic mass is 10.2. The molecule has 0 bridgehead atoms. The second-order valence-electron chi connectivity index (χ2n) is 2.69. The number of piperidine rings is 1. The van der Waals surface area contributed by atoms with Crippen molar-refractivity contribution in [2.75, 3.05) is 6.54 Å². The van der Waals surface area contributed by atoms with Gasteiger partial charge in [-0.15, -0.1) is 0 Å². The highest BCUT2D eigenvalue weighted by Gasteiger charge is 2.04. The van der Waals surface area contributed by atoms with Crippen LogP contribution in [0, 0.1) is 0 Å². The van der Waals surface area contributed by atoms with Crippen LogP contribution < -0.4 is 5.32 Å². The molecule has 0 aromatic carbocycles. The standard InChI is InChI=1S/C5H9NO.C4H5N/c7-5-3-1-2-4-6-5;1-2-4-5-3-1/h1-4H2,(H,6,7);1-5H. The molecule has 1 aromatic rings. The van der Waals surface area contributed by atoms with Gasteiger partial charge >= 0.3 is 0 Å². The maximum atomic E-state index is 10.4. The van der Waals surface area contributed by atoms with Crippen molar-refractivity contribution in [1.29, 1.82) is 0 Å². The number of H-pyrrole nitrogens is 1. The van der Waals surface area contributed by atoms with E-state index in [-0.39, 0.29) is 5.91 Å². The average molecular weight is 166 g/mol. The number of aromatic amines is 1. The summed E-state index contributed by atoms with van der Waals surface area (Å²) in [6, 6.07) is 3.89. The van der Waals surface area contributed by atoms with Crippen molar-refractivity contribution in [2.45, 2.75) is 19.3 Å². The number of nitrogens with one attached hydrogen (secondary N) is 2.